The molecule has 0 saturated carbocycles. The first kappa shape index (κ1) is 49.4. The Kier molecular flexibility index (Phi) is 18.2. The lowest BCUT2D eigenvalue weighted by Crippen LogP contribution is -2.50. The Morgan fingerprint density at radius 3 is 2.10 bits per heavy atom. The van der Waals surface area contributed by atoms with Gasteiger partial charge in [-0.3, -0.25) is 14.9 Å². The van der Waals surface area contributed by atoms with Gasteiger partial charge in [0.2, 0.25) is 11.9 Å². The van der Waals surface area contributed by atoms with Crippen molar-refractivity contribution in [1.82, 2.24) is 10.2 Å². The maximum absolute atomic E-state index is 14.3. The number of fused-ring (bicyclic) bond motifs is 1. The summed E-state index contributed by atoms with van der Waals surface area (Å²) in [6.45, 7) is 14.1. The molecule has 1 aliphatic rings. The van der Waals surface area contributed by atoms with Gasteiger partial charge in [-0.05, 0) is 126 Å². The van der Waals surface area contributed by atoms with Crippen molar-refractivity contribution in [3.63, 3.8) is 0 Å². The number of hydrogen-bond donors (Lipinski definition) is 2. The molecule has 3 aromatic carbocycles. The summed E-state index contributed by atoms with van der Waals surface area (Å²) in [6.07, 6.45) is 2.68. The molecule has 1 aliphatic carbocycles. The topological polar surface area (TPSA) is 188 Å². The van der Waals surface area contributed by atoms with Crippen molar-refractivity contribution in [2.45, 2.75) is 130 Å². The van der Waals surface area contributed by atoms with E-state index >= 15 is 0 Å². The van der Waals surface area contributed by atoms with Gasteiger partial charge in [0.25, 0.3) is 0 Å². The summed E-state index contributed by atoms with van der Waals surface area (Å²) in [4.78, 5) is 84.4. The number of nitrogens with zero attached hydrogens (tertiary/aromatic N) is 2. The molecule has 2 N–H and O–H groups in total. The third kappa shape index (κ3) is 16.9. The molecule has 0 heterocycles. The average Bonchev–Trinajstić information content (AvgIpc) is 3.59. The maximum atomic E-state index is 14.3. The molecule has 63 heavy (non-hydrogen) atoms. The molecular formula is C48H62N4O11. The van der Waals surface area contributed by atoms with Crippen LogP contribution in [0.1, 0.15) is 127 Å². The van der Waals surface area contributed by atoms with Crippen molar-refractivity contribution in [2.75, 3.05) is 25.1 Å². The number of carbonyl (C=O) groups is 6. The molecule has 2 atom stereocenters. The first-order chi connectivity index (χ1) is 29.8. The number of amides is 3. The van der Waals surface area contributed by atoms with Crippen molar-refractivity contribution >= 4 is 47.6 Å². The molecule has 0 spiro atoms. The number of guanidine groups is 1. The number of anilines is 1. The zero-order valence-corrected chi connectivity index (χ0v) is 37.7. The molecule has 0 aliphatic heterocycles. The Balaban J connectivity index is 1.47. The fourth-order valence-corrected chi connectivity index (χ4v) is 6.60. The lowest BCUT2D eigenvalue weighted by atomic mass is 9.96. The number of unbranched alkanes of at least 4 members (excludes halogenated alkanes) is 2. The minimum atomic E-state index is -1.04. The van der Waals surface area contributed by atoms with Crippen molar-refractivity contribution < 1.29 is 52.5 Å². The predicted octanol–water partition coefficient (Wildman–Crippen LogP) is 8.68. The number of benzene rings is 3. The fourth-order valence-electron chi connectivity index (χ4n) is 6.60. The standard InChI is InChI=1S/C48H62N4O11/c1-9-11-26-59-41(54)31-52(39(43(56)60-27-12-10-2)28-32-16-14-13-15-17-32)40(53)30-35-19-18-34-29-37(24-25-38(34)35)61-42(55)33-20-22-36(23-21-33)49-44(50-45(57)62-47(3,4)5)51-46(58)63-48(6,7)8/h13-17,20-25,29,35,39H,9-12,18-19,26-28,30-31H2,1-8H3,(H2,49,50,51,57,58)/t35?,39-/m0/s1. The van der Waals surface area contributed by atoms with E-state index in [0.29, 0.717) is 37.1 Å². The van der Waals surface area contributed by atoms with Crippen LogP contribution in [0.25, 0.3) is 0 Å². The maximum Gasteiger partial charge on any atom is 0.437 e. The Hall–Kier alpha value is -6.25. The van der Waals surface area contributed by atoms with Gasteiger partial charge in [0.1, 0.15) is 29.5 Å². The van der Waals surface area contributed by atoms with Crippen LogP contribution >= 0.6 is 0 Å². The first-order valence-electron chi connectivity index (χ1n) is 21.5. The largest absolute Gasteiger partial charge is 0.464 e. The Labute approximate surface area is 370 Å². The van der Waals surface area contributed by atoms with Crippen molar-refractivity contribution in [3.8, 4) is 5.75 Å². The minimum Gasteiger partial charge on any atom is -0.464 e. The number of rotatable bonds is 17. The zero-order valence-electron chi connectivity index (χ0n) is 37.7. The smallest absolute Gasteiger partial charge is 0.437 e. The van der Waals surface area contributed by atoms with E-state index in [1.54, 1.807) is 65.8 Å². The summed E-state index contributed by atoms with van der Waals surface area (Å²) < 4.78 is 27.4. The van der Waals surface area contributed by atoms with Gasteiger partial charge in [0.15, 0.2) is 0 Å². The summed E-state index contributed by atoms with van der Waals surface area (Å²) >= 11 is 0. The van der Waals surface area contributed by atoms with E-state index in [4.69, 9.17) is 23.7 Å². The summed E-state index contributed by atoms with van der Waals surface area (Å²) in [5, 5.41) is 5.26. The van der Waals surface area contributed by atoms with Crippen molar-refractivity contribution in [1.29, 1.82) is 0 Å². The molecule has 3 aromatic rings. The van der Waals surface area contributed by atoms with Crippen LogP contribution in [0.2, 0.25) is 0 Å². The number of nitrogens with one attached hydrogen (secondary N) is 2. The third-order valence-electron chi connectivity index (χ3n) is 9.59. The second kappa shape index (κ2) is 23.3. The van der Waals surface area contributed by atoms with Crippen LogP contribution in [-0.2, 0) is 46.2 Å². The van der Waals surface area contributed by atoms with Gasteiger partial charge in [0.05, 0.1) is 18.8 Å². The summed E-state index contributed by atoms with van der Waals surface area (Å²) in [5.74, 6) is -2.30. The fraction of sp³-hybridized carbons (Fsp3) is 0.479. The highest BCUT2D eigenvalue weighted by Gasteiger charge is 2.36. The second-order valence-electron chi connectivity index (χ2n) is 17.3. The van der Waals surface area contributed by atoms with E-state index in [1.165, 1.54) is 17.0 Å². The molecule has 1 unspecified atom stereocenters. The van der Waals surface area contributed by atoms with E-state index < -0.39 is 53.9 Å². The molecule has 3 amide bonds. The minimum absolute atomic E-state index is 0.0414. The second-order valence-corrected chi connectivity index (χ2v) is 17.3. The Morgan fingerprint density at radius 2 is 1.46 bits per heavy atom. The predicted molar refractivity (Wildman–Crippen MR) is 238 cm³/mol. The quantitative estimate of drug-likeness (QED) is 0.0329. The van der Waals surface area contributed by atoms with Crippen LogP contribution in [-0.4, -0.2) is 83.9 Å². The lowest BCUT2D eigenvalue weighted by molar-refractivity contribution is -0.159. The number of carbonyl (C=O) groups excluding carboxylic acids is 6. The van der Waals surface area contributed by atoms with E-state index in [1.807, 2.05) is 50.2 Å². The third-order valence-corrected chi connectivity index (χ3v) is 9.59. The van der Waals surface area contributed by atoms with Gasteiger partial charge in [-0.25, -0.2) is 19.2 Å². The van der Waals surface area contributed by atoms with E-state index in [2.05, 4.69) is 15.6 Å². The summed E-state index contributed by atoms with van der Waals surface area (Å²) in [6, 6.07) is 19.7. The number of esters is 3. The van der Waals surface area contributed by atoms with Crippen LogP contribution in [0.5, 0.6) is 5.75 Å². The normalized spacial score (nSPS) is 14.1. The highest BCUT2D eigenvalue weighted by molar-refractivity contribution is 6.06. The zero-order chi connectivity index (χ0) is 46.2. The van der Waals surface area contributed by atoms with Crippen LogP contribution in [0.3, 0.4) is 0 Å². The molecule has 0 bridgehead atoms. The highest BCUT2D eigenvalue weighted by Crippen LogP contribution is 2.38. The van der Waals surface area contributed by atoms with E-state index in [-0.39, 0.29) is 49.4 Å². The molecule has 340 valence electrons. The molecule has 0 fully saturated rings. The van der Waals surface area contributed by atoms with Gasteiger partial charge in [-0.2, -0.15) is 0 Å². The summed E-state index contributed by atoms with van der Waals surface area (Å²) in [5.41, 5.74) is 1.62. The monoisotopic (exact) mass is 870 g/mol. The van der Waals surface area contributed by atoms with Gasteiger partial charge in [0, 0.05) is 18.5 Å². The van der Waals surface area contributed by atoms with E-state index in [0.717, 1.165) is 29.5 Å². The van der Waals surface area contributed by atoms with Gasteiger partial charge in [-0.1, -0.05) is 63.1 Å². The molecular weight excluding hydrogens is 809 g/mol. The van der Waals surface area contributed by atoms with Crippen LogP contribution in [0.15, 0.2) is 77.8 Å². The number of ether oxygens (including phenoxy) is 5. The van der Waals surface area contributed by atoms with E-state index in [9.17, 15) is 28.8 Å². The number of alkyl carbamates (subject to hydrolysis) is 1. The first-order valence-corrected chi connectivity index (χ1v) is 21.5. The van der Waals surface area contributed by atoms with Gasteiger partial charge >= 0.3 is 30.1 Å². The van der Waals surface area contributed by atoms with Gasteiger partial charge < -0.3 is 33.9 Å². The molecule has 0 aromatic heterocycles. The number of aliphatic imine (C=N–C) groups is 1. The summed E-state index contributed by atoms with van der Waals surface area (Å²) in [7, 11) is 0. The SMILES string of the molecule is CCCCOC(=O)CN(C(=O)CC1CCc2cc(OC(=O)c3ccc(N/C(=N/C(=O)OC(C)(C)C)NC(=O)OC(C)(C)C)cc3)ccc21)[C@@H](Cc1ccccc1)C(=O)OCCCC. The molecule has 4 rings (SSSR count). The van der Waals surface area contributed by atoms with Crippen LogP contribution in [0.4, 0.5) is 15.3 Å². The van der Waals surface area contributed by atoms with Crippen molar-refractivity contribution in [2.24, 2.45) is 4.99 Å². The average molecular weight is 871 g/mol. The van der Waals surface area contributed by atoms with Crippen LogP contribution < -0.4 is 15.4 Å². The molecule has 0 saturated heterocycles. The molecule has 15 heteroatoms. The van der Waals surface area contributed by atoms with Gasteiger partial charge in [-0.15, -0.1) is 4.99 Å². The molecule has 15 nitrogen and oxygen atoms in total. The number of hydrogen-bond acceptors (Lipinski definition) is 11. The van der Waals surface area contributed by atoms with Crippen LogP contribution in [0, 0.1) is 0 Å². The Bertz CT molecular complexity index is 2070. The Morgan fingerprint density at radius 1 is 0.810 bits per heavy atom. The molecule has 0 radical (unpaired) electrons. The number of aryl methyl sites for hydroxylation is 1. The highest BCUT2D eigenvalue weighted by atomic mass is 16.6. The lowest BCUT2D eigenvalue weighted by Gasteiger charge is -2.31. The van der Waals surface area contributed by atoms with Crippen molar-refractivity contribution in [3.05, 3.63) is 95.1 Å².